The van der Waals surface area contributed by atoms with Gasteiger partial charge in [0.15, 0.2) is 5.69 Å². The molecule has 1 atom stereocenters. The van der Waals surface area contributed by atoms with Gasteiger partial charge in [-0.1, -0.05) is 37.6 Å². The molecule has 1 unspecified atom stereocenters. The van der Waals surface area contributed by atoms with E-state index >= 15 is 0 Å². The molecule has 3 rings (SSSR count). The number of amides is 3. The van der Waals surface area contributed by atoms with Gasteiger partial charge >= 0.3 is 0 Å². The van der Waals surface area contributed by atoms with Gasteiger partial charge in [0.2, 0.25) is 5.91 Å². The summed E-state index contributed by atoms with van der Waals surface area (Å²) in [6.45, 7) is 4.52. The molecule has 0 aliphatic heterocycles. The fourth-order valence-electron chi connectivity index (χ4n) is 3.31. The summed E-state index contributed by atoms with van der Waals surface area (Å²) in [5, 5.41) is 3.41. The van der Waals surface area contributed by atoms with Crippen molar-refractivity contribution in [3.05, 3.63) is 69.6 Å². The Hall–Kier alpha value is -3.37. The molecule has 3 aromatic rings. The predicted octanol–water partition coefficient (Wildman–Crippen LogP) is 3.62. The van der Waals surface area contributed by atoms with Gasteiger partial charge in [0.05, 0.1) is 18.5 Å². The van der Waals surface area contributed by atoms with Crippen molar-refractivity contribution in [2.75, 3.05) is 12.3 Å². The second-order valence-corrected chi connectivity index (χ2v) is 9.29. The number of rotatable bonds is 10. The monoisotopic (exact) mass is 503 g/mol. The van der Waals surface area contributed by atoms with Crippen molar-refractivity contribution in [1.29, 1.82) is 0 Å². The highest BCUT2D eigenvalue weighted by Crippen LogP contribution is 2.31. The van der Waals surface area contributed by atoms with Crippen LogP contribution >= 0.6 is 23.1 Å². The third-order valence-electron chi connectivity index (χ3n) is 5.09. The summed E-state index contributed by atoms with van der Waals surface area (Å²) in [5.74, 6) is -0.954. The quantitative estimate of drug-likeness (QED) is 0.385. The maximum atomic E-state index is 13.7. The summed E-state index contributed by atoms with van der Waals surface area (Å²) >= 11 is 6.81. The average molecular weight is 504 g/mol. The molecule has 0 saturated heterocycles. The lowest BCUT2D eigenvalue weighted by molar-refractivity contribution is -0.126. The Morgan fingerprint density at radius 3 is 2.47 bits per heavy atom. The molecule has 2 aromatic heterocycles. The summed E-state index contributed by atoms with van der Waals surface area (Å²) in [7, 11) is 0. The van der Waals surface area contributed by atoms with Gasteiger partial charge in [-0.25, -0.2) is 0 Å². The normalized spacial score (nSPS) is 11.9. The molecule has 0 radical (unpaired) electrons. The Kier molecular flexibility index (Phi) is 8.30. The van der Waals surface area contributed by atoms with Crippen LogP contribution in [0.25, 0.3) is 0 Å². The molecule has 0 fully saturated rings. The molecule has 0 saturated carbocycles. The molecule has 1 aromatic carbocycles. The van der Waals surface area contributed by atoms with Crippen LogP contribution in [0, 0.1) is 5.92 Å². The van der Waals surface area contributed by atoms with E-state index < -0.39 is 17.9 Å². The van der Waals surface area contributed by atoms with Crippen molar-refractivity contribution >= 4 is 46.5 Å². The van der Waals surface area contributed by atoms with Crippen LogP contribution in [0.1, 0.15) is 57.8 Å². The first-order chi connectivity index (χ1) is 16.2. The Bertz CT molecular complexity index is 1140. The zero-order chi connectivity index (χ0) is 24.8. The van der Waals surface area contributed by atoms with Crippen molar-refractivity contribution in [2.45, 2.75) is 32.9 Å². The Labute approximate surface area is 206 Å². The molecule has 5 N–H and O–H groups in total. The van der Waals surface area contributed by atoms with Crippen molar-refractivity contribution < 1.29 is 18.8 Å². The highest BCUT2D eigenvalue weighted by Gasteiger charge is 2.35. The molecule has 3 amide bonds. The van der Waals surface area contributed by atoms with Crippen LogP contribution in [-0.2, 0) is 11.3 Å². The zero-order valence-electron chi connectivity index (χ0n) is 18.8. The highest BCUT2D eigenvalue weighted by atomic mass is 35.5. The molecular weight excluding hydrogens is 478 g/mol. The minimum absolute atomic E-state index is 0.00861. The Morgan fingerprint density at radius 1 is 1.21 bits per heavy atom. The van der Waals surface area contributed by atoms with Crippen LogP contribution in [0.2, 0.25) is 5.02 Å². The largest absolute Gasteiger partial charge is 0.467 e. The maximum Gasteiger partial charge on any atom is 0.270 e. The number of primary amides is 1. The smallest absolute Gasteiger partial charge is 0.270 e. The molecule has 0 spiro atoms. The maximum absolute atomic E-state index is 13.7. The highest BCUT2D eigenvalue weighted by molar-refractivity contribution is 7.09. The molecule has 0 aliphatic carbocycles. The summed E-state index contributed by atoms with van der Waals surface area (Å²) < 4.78 is 9.38. The van der Waals surface area contributed by atoms with Crippen LogP contribution < -0.4 is 16.8 Å². The fraction of sp³-hybridized carbons (Fsp3) is 0.304. The number of nitrogens with one attached hydrogen (secondary N) is 1. The molecule has 11 heteroatoms. The van der Waals surface area contributed by atoms with Crippen molar-refractivity contribution in [3.63, 3.8) is 0 Å². The second-order valence-electron chi connectivity index (χ2n) is 8.08. The molecule has 2 heterocycles. The summed E-state index contributed by atoms with van der Waals surface area (Å²) in [6.07, 6.45) is 2.25. The second kappa shape index (κ2) is 11.2. The Balaban J connectivity index is 2.05. The first-order valence-electron chi connectivity index (χ1n) is 10.6. The van der Waals surface area contributed by atoms with Crippen LogP contribution in [0.4, 0.5) is 5.69 Å². The average Bonchev–Trinajstić information content (AvgIpc) is 3.43. The summed E-state index contributed by atoms with van der Waals surface area (Å²) in [6, 6.07) is 9.01. The van der Waals surface area contributed by atoms with Gasteiger partial charge in [0.1, 0.15) is 16.7 Å². The van der Waals surface area contributed by atoms with Crippen molar-refractivity contribution in [2.24, 2.45) is 11.7 Å². The van der Waals surface area contributed by atoms with E-state index in [0.29, 0.717) is 28.8 Å². The van der Waals surface area contributed by atoms with Crippen LogP contribution in [0.3, 0.4) is 0 Å². The first-order valence-corrected chi connectivity index (χ1v) is 11.8. The van der Waals surface area contributed by atoms with E-state index in [4.69, 9.17) is 27.5 Å². The van der Waals surface area contributed by atoms with Crippen LogP contribution in [-0.4, -0.2) is 33.5 Å². The number of anilines is 1. The third-order valence-corrected chi connectivity index (χ3v) is 6.19. The lowest BCUT2D eigenvalue weighted by Gasteiger charge is -2.30. The SMILES string of the molecule is CC(C)CCNC(=O)C(c1ccc(Cl)cc1)N(Cc1ccco1)C(=O)c1snc(C(N)=O)c1N. The number of hydrogen-bond donors (Lipinski definition) is 3. The minimum atomic E-state index is -1.03. The lowest BCUT2D eigenvalue weighted by Crippen LogP contribution is -2.43. The van der Waals surface area contributed by atoms with Gasteiger partial charge in [-0.2, -0.15) is 4.37 Å². The zero-order valence-corrected chi connectivity index (χ0v) is 20.4. The van der Waals surface area contributed by atoms with E-state index in [0.717, 1.165) is 18.0 Å². The number of aromatic nitrogens is 1. The van der Waals surface area contributed by atoms with Crippen molar-refractivity contribution in [3.8, 4) is 0 Å². The van der Waals surface area contributed by atoms with E-state index in [2.05, 4.69) is 23.5 Å². The van der Waals surface area contributed by atoms with Gasteiger partial charge in [-0.15, -0.1) is 0 Å². The van der Waals surface area contributed by atoms with Gasteiger partial charge in [-0.3, -0.25) is 14.4 Å². The third kappa shape index (κ3) is 5.95. The summed E-state index contributed by atoms with van der Waals surface area (Å²) in [4.78, 5) is 40.1. The molecule has 0 aliphatic rings. The molecule has 9 nitrogen and oxygen atoms in total. The number of nitrogens with zero attached hydrogens (tertiary/aromatic N) is 2. The number of halogens is 1. The molecular formula is C23H26ClN5O4S. The lowest BCUT2D eigenvalue weighted by atomic mass is 10.0. The van der Waals surface area contributed by atoms with Crippen molar-refractivity contribution in [1.82, 2.24) is 14.6 Å². The number of nitrogen functional groups attached to an aromatic ring is 1. The van der Waals surface area contributed by atoms with Gasteiger partial charge in [-0.05, 0) is 53.7 Å². The molecule has 0 bridgehead atoms. The molecule has 180 valence electrons. The number of carbonyl (C=O) groups is 3. The van der Waals surface area contributed by atoms with E-state index in [1.165, 1.54) is 11.2 Å². The van der Waals surface area contributed by atoms with E-state index in [1.807, 2.05) is 0 Å². The summed E-state index contributed by atoms with van der Waals surface area (Å²) in [5.41, 5.74) is 11.6. The number of furan rings is 1. The minimum Gasteiger partial charge on any atom is -0.467 e. The topological polar surface area (TPSA) is 145 Å². The van der Waals surface area contributed by atoms with Gasteiger partial charge in [0.25, 0.3) is 11.8 Å². The number of carbonyl (C=O) groups excluding carboxylic acids is 3. The van der Waals surface area contributed by atoms with E-state index in [1.54, 1.807) is 36.4 Å². The van der Waals surface area contributed by atoms with Crippen LogP contribution in [0.15, 0.2) is 47.1 Å². The first kappa shape index (κ1) is 25.3. The number of hydrogen-bond acceptors (Lipinski definition) is 7. The standard InChI is InChI=1S/C23H26ClN5O4S/c1-13(2)9-10-27-22(31)19(14-5-7-15(24)8-6-14)29(12-16-4-3-11-33-16)23(32)20-17(25)18(21(26)30)28-34-20/h3-8,11,13,19H,9-10,12,25H2,1-2H3,(H2,26,30)(H,27,31). The van der Waals surface area contributed by atoms with Crippen LogP contribution in [0.5, 0.6) is 0 Å². The Morgan fingerprint density at radius 2 is 1.91 bits per heavy atom. The van der Waals surface area contributed by atoms with Gasteiger partial charge < -0.3 is 26.1 Å². The molecule has 34 heavy (non-hydrogen) atoms. The predicted molar refractivity (Wildman–Crippen MR) is 130 cm³/mol. The number of benzene rings is 1. The number of nitrogens with two attached hydrogens (primary N) is 2. The fourth-order valence-corrected chi connectivity index (χ4v) is 4.20. The van der Waals surface area contributed by atoms with E-state index in [9.17, 15) is 14.4 Å². The van der Waals surface area contributed by atoms with Gasteiger partial charge in [0, 0.05) is 11.6 Å². The van der Waals surface area contributed by atoms with E-state index in [-0.39, 0.29) is 28.7 Å².